The molecular formula is C20H17F2N7O. The topological polar surface area (TPSA) is 112 Å². The summed E-state index contributed by atoms with van der Waals surface area (Å²) >= 11 is 0. The van der Waals surface area contributed by atoms with E-state index in [1.165, 1.54) is 16.9 Å². The van der Waals surface area contributed by atoms with Crippen LogP contribution in [0.15, 0.2) is 36.8 Å². The predicted octanol–water partition coefficient (Wildman–Crippen LogP) is 3.01. The van der Waals surface area contributed by atoms with Gasteiger partial charge in [-0.1, -0.05) is 0 Å². The third-order valence-corrected chi connectivity index (χ3v) is 4.35. The van der Waals surface area contributed by atoms with Gasteiger partial charge in [0.1, 0.15) is 34.7 Å². The number of nitrogens with one attached hydrogen (secondary N) is 1. The van der Waals surface area contributed by atoms with Gasteiger partial charge in [0.05, 0.1) is 18.1 Å². The Kier molecular flexibility index (Phi) is 4.82. The van der Waals surface area contributed by atoms with Crippen molar-refractivity contribution in [3.63, 3.8) is 0 Å². The second kappa shape index (κ2) is 7.47. The number of hydrogen-bond acceptors (Lipinski definition) is 6. The van der Waals surface area contributed by atoms with Gasteiger partial charge < -0.3 is 11.1 Å². The summed E-state index contributed by atoms with van der Waals surface area (Å²) in [4.78, 5) is 23.7. The number of hydrogen-bond donors (Lipinski definition) is 2. The van der Waals surface area contributed by atoms with Gasteiger partial charge >= 0.3 is 0 Å². The van der Waals surface area contributed by atoms with E-state index in [-0.39, 0.29) is 29.1 Å². The average molecular weight is 409 g/mol. The summed E-state index contributed by atoms with van der Waals surface area (Å²) in [7, 11) is 0. The normalized spacial score (nSPS) is 11.1. The largest absolute Gasteiger partial charge is 0.368 e. The second-order valence-electron chi connectivity index (χ2n) is 6.82. The quantitative estimate of drug-likeness (QED) is 0.524. The Morgan fingerprint density at radius 3 is 2.70 bits per heavy atom. The van der Waals surface area contributed by atoms with Gasteiger partial charge in [0.2, 0.25) is 5.91 Å². The molecule has 4 aromatic rings. The molecule has 152 valence electrons. The summed E-state index contributed by atoms with van der Waals surface area (Å²) in [5.41, 5.74) is 7.79. The van der Waals surface area contributed by atoms with Crippen LogP contribution in [0.2, 0.25) is 0 Å². The maximum Gasteiger partial charge on any atom is 0.239 e. The molecule has 0 aliphatic rings. The fraction of sp³-hybridized carbons (Fsp3) is 0.150. The number of carbonyl (C=O) groups excluding carboxylic acids is 1. The van der Waals surface area contributed by atoms with Crippen molar-refractivity contribution in [1.82, 2.24) is 24.7 Å². The molecule has 0 radical (unpaired) electrons. The van der Waals surface area contributed by atoms with Gasteiger partial charge in [0.25, 0.3) is 0 Å². The number of primary amides is 1. The number of nitrogens with zero attached hydrogens (tertiary/aromatic N) is 5. The van der Waals surface area contributed by atoms with E-state index < -0.39 is 17.5 Å². The number of aryl methyl sites for hydroxylation is 2. The Morgan fingerprint density at radius 1 is 1.13 bits per heavy atom. The molecule has 30 heavy (non-hydrogen) atoms. The van der Waals surface area contributed by atoms with Crippen molar-refractivity contribution < 1.29 is 13.6 Å². The number of carbonyl (C=O) groups is 1. The highest BCUT2D eigenvalue weighted by Crippen LogP contribution is 2.33. The number of fused-ring (bicyclic) bond motifs is 1. The zero-order valence-electron chi connectivity index (χ0n) is 16.1. The number of rotatable bonds is 5. The molecule has 8 nitrogen and oxygen atoms in total. The van der Waals surface area contributed by atoms with Gasteiger partial charge in [0.15, 0.2) is 11.6 Å². The molecule has 0 saturated heterocycles. The average Bonchev–Trinajstić information content (AvgIpc) is 3.08. The first kappa shape index (κ1) is 19.4. The van der Waals surface area contributed by atoms with Gasteiger partial charge in [0, 0.05) is 11.9 Å². The highest BCUT2D eigenvalue weighted by molar-refractivity contribution is 5.91. The third-order valence-electron chi connectivity index (χ3n) is 4.35. The minimum absolute atomic E-state index is 0.0185. The van der Waals surface area contributed by atoms with Crippen LogP contribution < -0.4 is 11.1 Å². The Labute approximate surface area is 169 Å². The van der Waals surface area contributed by atoms with Crippen molar-refractivity contribution >= 4 is 28.3 Å². The SMILES string of the molecule is Cc1cnc(-c2nc(C)ccc2F)c(Nc2c(F)cnc3cn(CC(N)=O)nc23)c1. The first-order chi connectivity index (χ1) is 14.3. The second-order valence-corrected chi connectivity index (χ2v) is 6.82. The van der Waals surface area contributed by atoms with Crippen LogP contribution >= 0.6 is 0 Å². The maximum absolute atomic E-state index is 14.7. The molecule has 0 aliphatic carbocycles. The van der Waals surface area contributed by atoms with Crippen molar-refractivity contribution in [3.8, 4) is 11.4 Å². The van der Waals surface area contributed by atoms with Crippen LogP contribution in [0.25, 0.3) is 22.4 Å². The fourth-order valence-electron chi connectivity index (χ4n) is 3.04. The number of halogens is 2. The first-order valence-electron chi connectivity index (χ1n) is 8.99. The molecular weight excluding hydrogens is 392 g/mol. The van der Waals surface area contributed by atoms with Crippen LogP contribution in [-0.2, 0) is 11.3 Å². The lowest BCUT2D eigenvalue weighted by atomic mass is 10.1. The van der Waals surface area contributed by atoms with Crippen LogP contribution in [0.5, 0.6) is 0 Å². The molecule has 4 rings (SSSR count). The number of aromatic nitrogens is 5. The van der Waals surface area contributed by atoms with Crippen LogP contribution in [0.1, 0.15) is 11.3 Å². The number of amides is 1. The molecule has 0 unspecified atom stereocenters. The zero-order valence-corrected chi connectivity index (χ0v) is 16.1. The Balaban J connectivity index is 1.85. The molecule has 0 saturated carbocycles. The summed E-state index contributed by atoms with van der Waals surface area (Å²) in [5, 5.41) is 7.17. The number of anilines is 2. The standard InChI is InChI=1S/C20H17F2N7O/c1-10-5-14(19(25-6-10)17-12(21)4-3-11(2)26-17)27-18-13(22)7-24-15-8-29(9-16(23)30)28-20(15)18/h3-8,27H,9H2,1-2H3,(H2,23,30). The summed E-state index contributed by atoms with van der Waals surface area (Å²) < 4.78 is 30.4. The summed E-state index contributed by atoms with van der Waals surface area (Å²) in [5.74, 6) is -1.81. The predicted molar refractivity (Wildman–Crippen MR) is 107 cm³/mol. The Hall–Kier alpha value is -3.95. The van der Waals surface area contributed by atoms with Crippen LogP contribution in [-0.4, -0.2) is 30.6 Å². The molecule has 4 aromatic heterocycles. The molecule has 0 atom stereocenters. The van der Waals surface area contributed by atoms with Gasteiger partial charge in [-0.2, -0.15) is 5.10 Å². The van der Waals surface area contributed by atoms with E-state index in [2.05, 4.69) is 25.4 Å². The van der Waals surface area contributed by atoms with E-state index in [0.29, 0.717) is 16.9 Å². The summed E-state index contributed by atoms with van der Waals surface area (Å²) in [6.45, 7) is 3.37. The Bertz CT molecular complexity index is 1290. The summed E-state index contributed by atoms with van der Waals surface area (Å²) in [6, 6.07) is 4.56. The monoisotopic (exact) mass is 409 g/mol. The number of nitrogens with two attached hydrogens (primary N) is 1. The lowest BCUT2D eigenvalue weighted by Gasteiger charge is -2.13. The molecule has 0 spiro atoms. The lowest BCUT2D eigenvalue weighted by molar-refractivity contribution is -0.118. The van der Waals surface area contributed by atoms with Crippen molar-refractivity contribution in [2.45, 2.75) is 20.4 Å². The van der Waals surface area contributed by atoms with Crippen LogP contribution in [0.4, 0.5) is 20.2 Å². The van der Waals surface area contributed by atoms with Gasteiger partial charge in [-0.25, -0.2) is 18.7 Å². The van der Waals surface area contributed by atoms with Crippen LogP contribution in [0.3, 0.4) is 0 Å². The van der Waals surface area contributed by atoms with Crippen molar-refractivity contribution in [1.29, 1.82) is 0 Å². The highest BCUT2D eigenvalue weighted by atomic mass is 19.1. The maximum atomic E-state index is 14.7. The van der Waals surface area contributed by atoms with E-state index in [1.807, 2.05) is 6.92 Å². The fourth-order valence-corrected chi connectivity index (χ4v) is 3.04. The van der Waals surface area contributed by atoms with Crippen molar-refractivity contribution in [2.24, 2.45) is 5.73 Å². The van der Waals surface area contributed by atoms with Crippen molar-refractivity contribution in [3.05, 3.63) is 59.7 Å². The van der Waals surface area contributed by atoms with Crippen LogP contribution in [0, 0.1) is 25.5 Å². The highest BCUT2D eigenvalue weighted by Gasteiger charge is 2.19. The third kappa shape index (κ3) is 3.66. The molecule has 0 fully saturated rings. The van der Waals surface area contributed by atoms with Gasteiger partial charge in [-0.3, -0.25) is 14.5 Å². The molecule has 3 N–H and O–H groups in total. The molecule has 4 heterocycles. The van der Waals surface area contributed by atoms with E-state index >= 15 is 0 Å². The molecule has 0 aliphatic heterocycles. The minimum Gasteiger partial charge on any atom is -0.368 e. The molecule has 0 bridgehead atoms. The lowest BCUT2D eigenvalue weighted by Crippen LogP contribution is -2.18. The molecule has 1 amide bonds. The molecule has 0 aromatic carbocycles. The molecule has 10 heteroatoms. The zero-order chi connectivity index (χ0) is 21.4. The van der Waals surface area contributed by atoms with E-state index in [0.717, 1.165) is 11.8 Å². The number of pyridine rings is 3. The first-order valence-corrected chi connectivity index (χ1v) is 8.99. The summed E-state index contributed by atoms with van der Waals surface area (Å²) in [6.07, 6.45) is 4.10. The van der Waals surface area contributed by atoms with E-state index in [4.69, 9.17) is 5.73 Å². The van der Waals surface area contributed by atoms with E-state index in [1.54, 1.807) is 25.3 Å². The Morgan fingerprint density at radius 2 is 1.93 bits per heavy atom. The van der Waals surface area contributed by atoms with Gasteiger partial charge in [-0.05, 0) is 37.6 Å². The minimum atomic E-state index is -0.669. The van der Waals surface area contributed by atoms with Gasteiger partial charge in [-0.15, -0.1) is 0 Å². The van der Waals surface area contributed by atoms with Crippen molar-refractivity contribution in [2.75, 3.05) is 5.32 Å². The van der Waals surface area contributed by atoms with E-state index in [9.17, 15) is 13.6 Å². The smallest absolute Gasteiger partial charge is 0.239 e.